The maximum absolute atomic E-state index is 11.1. The quantitative estimate of drug-likeness (QED) is 0.909. The molecule has 2 aromatic heterocycles. The molecule has 1 aliphatic rings. The van der Waals surface area contributed by atoms with Gasteiger partial charge in [-0.3, -0.25) is 9.48 Å². The van der Waals surface area contributed by atoms with Gasteiger partial charge in [-0.05, 0) is 31.4 Å². The molecule has 3 rings (SSSR count). The van der Waals surface area contributed by atoms with Crippen molar-refractivity contribution < 1.29 is 4.79 Å². The van der Waals surface area contributed by atoms with Crippen molar-refractivity contribution >= 4 is 5.91 Å². The van der Waals surface area contributed by atoms with Gasteiger partial charge in [0.2, 0.25) is 0 Å². The minimum atomic E-state index is -0.563. The molecule has 20 heavy (non-hydrogen) atoms. The number of nitriles is 1. The number of amides is 1. The summed E-state index contributed by atoms with van der Waals surface area (Å²) in [4.78, 5) is 15.3. The number of aromatic nitrogens is 3. The Morgan fingerprint density at radius 2 is 2.25 bits per heavy atom. The fraction of sp³-hybridized carbons (Fsp3) is 0.286. The number of rotatable bonds is 3. The van der Waals surface area contributed by atoms with Gasteiger partial charge in [-0.25, -0.2) is 4.98 Å². The van der Waals surface area contributed by atoms with Crippen LogP contribution in [0.3, 0.4) is 0 Å². The first-order chi connectivity index (χ1) is 9.64. The Balaban J connectivity index is 1.96. The van der Waals surface area contributed by atoms with E-state index in [9.17, 15) is 10.1 Å². The van der Waals surface area contributed by atoms with Gasteiger partial charge >= 0.3 is 0 Å². The third-order valence-corrected chi connectivity index (χ3v) is 3.71. The molecule has 0 aliphatic heterocycles. The van der Waals surface area contributed by atoms with Gasteiger partial charge < -0.3 is 5.73 Å². The Morgan fingerprint density at radius 1 is 1.45 bits per heavy atom. The summed E-state index contributed by atoms with van der Waals surface area (Å²) in [6.07, 6.45) is 6.14. The molecular weight excluding hydrogens is 254 g/mol. The van der Waals surface area contributed by atoms with Gasteiger partial charge in [0.1, 0.15) is 11.2 Å². The van der Waals surface area contributed by atoms with E-state index in [1.54, 1.807) is 35.3 Å². The molecule has 6 heteroatoms. The summed E-state index contributed by atoms with van der Waals surface area (Å²) in [5.74, 6) is -0.563. The normalized spacial score (nSPS) is 16.1. The largest absolute Gasteiger partial charge is 0.364 e. The van der Waals surface area contributed by atoms with Gasteiger partial charge in [-0.1, -0.05) is 6.07 Å². The van der Waals surface area contributed by atoms with Crippen LogP contribution in [0.15, 0.2) is 30.6 Å². The summed E-state index contributed by atoms with van der Waals surface area (Å²) in [5, 5.41) is 13.6. The zero-order valence-corrected chi connectivity index (χ0v) is 10.8. The molecule has 0 bridgehead atoms. The average molecular weight is 267 g/mol. The van der Waals surface area contributed by atoms with Crippen molar-refractivity contribution in [3.63, 3.8) is 0 Å². The first-order valence-corrected chi connectivity index (χ1v) is 6.38. The number of hydrogen-bond donors (Lipinski definition) is 1. The highest BCUT2D eigenvalue weighted by Crippen LogP contribution is 2.38. The first kappa shape index (κ1) is 12.4. The molecule has 1 saturated carbocycles. The maximum atomic E-state index is 11.1. The van der Waals surface area contributed by atoms with Crippen molar-refractivity contribution in [1.29, 1.82) is 5.26 Å². The lowest BCUT2D eigenvalue weighted by molar-refractivity contribution is 0.0995. The smallest absolute Gasteiger partial charge is 0.267 e. The fourth-order valence-electron chi connectivity index (χ4n) is 2.33. The predicted octanol–water partition coefficient (Wildman–Crippen LogP) is 1.45. The van der Waals surface area contributed by atoms with E-state index >= 15 is 0 Å². The monoisotopic (exact) mass is 267 g/mol. The van der Waals surface area contributed by atoms with Crippen molar-refractivity contribution in [2.75, 3.05) is 0 Å². The van der Waals surface area contributed by atoms with Gasteiger partial charge in [0.25, 0.3) is 5.91 Å². The zero-order valence-electron chi connectivity index (χ0n) is 10.8. The van der Waals surface area contributed by atoms with Gasteiger partial charge in [-0.15, -0.1) is 0 Å². The number of carbonyl (C=O) groups excluding carboxylic acids is 1. The molecule has 2 aromatic rings. The average Bonchev–Trinajstić information content (AvgIpc) is 2.88. The fourth-order valence-corrected chi connectivity index (χ4v) is 2.33. The van der Waals surface area contributed by atoms with Gasteiger partial charge in [0.05, 0.1) is 18.0 Å². The number of nitrogens with two attached hydrogens (primary N) is 1. The van der Waals surface area contributed by atoms with E-state index in [2.05, 4.69) is 16.2 Å². The van der Waals surface area contributed by atoms with Crippen LogP contribution < -0.4 is 5.73 Å². The van der Waals surface area contributed by atoms with Crippen molar-refractivity contribution in [2.45, 2.75) is 24.8 Å². The Bertz CT molecular complexity index is 708. The SMILES string of the molecule is N#CC1(n2cc(-c3cccc(C(N)=O)n3)cn2)CCC1. The number of primary amides is 1. The summed E-state index contributed by atoms with van der Waals surface area (Å²) in [6, 6.07) is 7.41. The van der Waals surface area contributed by atoms with Crippen LogP contribution in [0.5, 0.6) is 0 Å². The first-order valence-electron chi connectivity index (χ1n) is 6.38. The second kappa shape index (κ2) is 4.46. The van der Waals surface area contributed by atoms with Crippen LogP contribution in [-0.4, -0.2) is 20.7 Å². The third-order valence-electron chi connectivity index (χ3n) is 3.71. The van der Waals surface area contributed by atoms with Crippen molar-refractivity contribution in [1.82, 2.24) is 14.8 Å². The summed E-state index contributed by atoms with van der Waals surface area (Å²) in [5.41, 5.74) is 6.32. The van der Waals surface area contributed by atoms with Gasteiger partial charge in [-0.2, -0.15) is 10.4 Å². The van der Waals surface area contributed by atoms with E-state index < -0.39 is 11.4 Å². The summed E-state index contributed by atoms with van der Waals surface area (Å²) in [7, 11) is 0. The molecule has 0 radical (unpaired) electrons. The molecule has 2 N–H and O–H groups in total. The summed E-state index contributed by atoms with van der Waals surface area (Å²) < 4.78 is 1.70. The lowest BCUT2D eigenvalue weighted by atomic mass is 9.78. The van der Waals surface area contributed by atoms with E-state index in [0.717, 1.165) is 24.8 Å². The van der Waals surface area contributed by atoms with Crippen LogP contribution in [0, 0.1) is 11.3 Å². The highest BCUT2D eigenvalue weighted by molar-refractivity contribution is 5.91. The molecule has 100 valence electrons. The molecule has 0 spiro atoms. The van der Waals surface area contributed by atoms with Crippen LogP contribution in [0.2, 0.25) is 0 Å². The van der Waals surface area contributed by atoms with E-state index in [1.165, 1.54) is 0 Å². The molecule has 1 aliphatic carbocycles. The molecule has 2 heterocycles. The molecule has 0 saturated heterocycles. The van der Waals surface area contributed by atoms with E-state index in [-0.39, 0.29) is 5.69 Å². The van der Waals surface area contributed by atoms with E-state index in [4.69, 9.17) is 5.73 Å². The lowest BCUT2D eigenvalue weighted by Crippen LogP contribution is -2.39. The number of carbonyl (C=O) groups is 1. The molecule has 6 nitrogen and oxygen atoms in total. The number of nitrogens with zero attached hydrogens (tertiary/aromatic N) is 4. The Kier molecular flexibility index (Phi) is 2.75. The minimum Gasteiger partial charge on any atom is -0.364 e. The lowest BCUT2D eigenvalue weighted by Gasteiger charge is -2.35. The molecule has 0 unspecified atom stereocenters. The van der Waals surface area contributed by atoms with Crippen molar-refractivity contribution in [3.05, 3.63) is 36.3 Å². The van der Waals surface area contributed by atoms with E-state index in [0.29, 0.717) is 5.69 Å². The topological polar surface area (TPSA) is 97.6 Å². The van der Waals surface area contributed by atoms with Crippen LogP contribution in [0.4, 0.5) is 0 Å². The zero-order chi connectivity index (χ0) is 14.2. The third kappa shape index (κ3) is 1.84. The molecule has 0 aromatic carbocycles. The van der Waals surface area contributed by atoms with Gasteiger partial charge in [0, 0.05) is 11.8 Å². The highest BCUT2D eigenvalue weighted by atomic mass is 16.1. The maximum Gasteiger partial charge on any atom is 0.267 e. The van der Waals surface area contributed by atoms with Crippen molar-refractivity contribution in [3.8, 4) is 17.3 Å². The second-order valence-corrected chi connectivity index (χ2v) is 4.94. The highest BCUT2D eigenvalue weighted by Gasteiger charge is 2.40. The Hall–Kier alpha value is -2.68. The summed E-state index contributed by atoms with van der Waals surface area (Å²) in [6.45, 7) is 0. The molecule has 1 fully saturated rings. The molecular formula is C14H13N5O. The number of pyridine rings is 1. The predicted molar refractivity (Wildman–Crippen MR) is 71.4 cm³/mol. The van der Waals surface area contributed by atoms with Crippen LogP contribution >= 0.6 is 0 Å². The Morgan fingerprint density at radius 3 is 2.85 bits per heavy atom. The van der Waals surface area contributed by atoms with E-state index in [1.807, 2.05) is 0 Å². The standard InChI is InChI=1S/C14H13N5O/c15-9-14(5-2-6-14)19-8-10(7-17-19)11-3-1-4-12(18-11)13(16)20/h1,3-4,7-8H,2,5-6H2,(H2,16,20). The molecule has 0 atom stereocenters. The summed E-state index contributed by atoms with van der Waals surface area (Å²) >= 11 is 0. The van der Waals surface area contributed by atoms with Crippen LogP contribution in [0.1, 0.15) is 29.8 Å². The van der Waals surface area contributed by atoms with Gasteiger partial charge in [0.15, 0.2) is 0 Å². The van der Waals surface area contributed by atoms with Crippen molar-refractivity contribution in [2.24, 2.45) is 5.73 Å². The second-order valence-electron chi connectivity index (χ2n) is 4.94. The minimum absolute atomic E-state index is 0.217. The van der Waals surface area contributed by atoms with Crippen LogP contribution in [-0.2, 0) is 5.54 Å². The molecule has 1 amide bonds. The van der Waals surface area contributed by atoms with Crippen LogP contribution in [0.25, 0.3) is 11.3 Å². The Labute approximate surface area is 115 Å². The number of hydrogen-bond acceptors (Lipinski definition) is 4.